The van der Waals surface area contributed by atoms with Gasteiger partial charge in [0.2, 0.25) is 0 Å². The zero-order valence-electron chi connectivity index (χ0n) is 15.0. The minimum Gasteiger partial charge on any atom is -0.340 e. The second-order valence-corrected chi connectivity index (χ2v) is 6.37. The molecular formula is C20H20N6O. The molecule has 3 heterocycles. The van der Waals surface area contributed by atoms with Crippen LogP contribution >= 0.6 is 0 Å². The number of aryl methyl sites for hydroxylation is 1. The number of amides is 2. The van der Waals surface area contributed by atoms with E-state index in [-0.39, 0.29) is 6.03 Å². The van der Waals surface area contributed by atoms with Gasteiger partial charge < -0.3 is 10.6 Å². The highest BCUT2D eigenvalue weighted by molar-refractivity contribution is 5.93. The molecule has 7 nitrogen and oxygen atoms in total. The van der Waals surface area contributed by atoms with E-state index in [1.54, 1.807) is 17.3 Å². The molecule has 2 N–H and O–H groups in total. The molecule has 2 amide bonds. The second-order valence-electron chi connectivity index (χ2n) is 6.37. The topological polar surface area (TPSA) is 83.0 Å². The Morgan fingerprint density at radius 1 is 1.15 bits per heavy atom. The molecule has 0 radical (unpaired) electrons. The van der Waals surface area contributed by atoms with Crippen LogP contribution < -0.4 is 15.5 Å². The summed E-state index contributed by atoms with van der Waals surface area (Å²) in [4.78, 5) is 27.1. The molecule has 0 saturated carbocycles. The molecule has 3 aromatic rings. The predicted octanol–water partition coefficient (Wildman–Crippen LogP) is 3.51. The standard InChI is InChI=1S/C20H20N6O/c1-14-11-18(25-19(23-14)15-5-3-8-21-13-15)24-16-6-2-7-17(12-16)26-10-4-9-22-20(26)27/h2-3,5-8,11-13H,4,9-10H2,1H3,(H,22,27)(H,23,24,25). The first-order chi connectivity index (χ1) is 13.2. The quantitative estimate of drug-likeness (QED) is 0.744. The molecule has 0 unspecified atom stereocenters. The van der Waals surface area contributed by atoms with Gasteiger partial charge in [0.15, 0.2) is 5.82 Å². The second kappa shape index (κ2) is 7.41. The van der Waals surface area contributed by atoms with Crippen molar-refractivity contribution < 1.29 is 4.79 Å². The van der Waals surface area contributed by atoms with Crippen molar-refractivity contribution in [2.45, 2.75) is 13.3 Å². The Labute approximate surface area is 157 Å². The zero-order valence-corrected chi connectivity index (χ0v) is 15.0. The Morgan fingerprint density at radius 3 is 2.89 bits per heavy atom. The number of hydrogen-bond acceptors (Lipinski definition) is 5. The van der Waals surface area contributed by atoms with Gasteiger partial charge >= 0.3 is 6.03 Å². The first-order valence-electron chi connectivity index (χ1n) is 8.87. The molecule has 1 aliphatic rings. The van der Waals surface area contributed by atoms with E-state index in [2.05, 4.69) is 25.6 Å². The van der Waals surface area contributed by atoms with Crippen molar-refractivity contribution in [1.82, 2.24) is 20.3 Å². The van der Waals surface area contributed by atoms with E-state index in [4.69, 9.17) is 0 Å². The molecule has 0 aliphatic carbocycles. The van der Waals surface area contributed by atoms with Crippen LogP contribution in [0, 0.1) is 6.92 Å². The molecule has 1 saturated heterocycles. The van der Waals surface area contributed by atoms with Gasteiger partial charge in [-0.25, -0.2) is 14.8 Å². The van der Waals surface area contributed by atoms with Gasteiger partial charge in [-0.15, -0.1) is 0 Å². The number of hydrogen-bond donors (Lipinski definition) is 2. The van der Waals surface area contributed by atoms with Crippen LogP contribution in [0.25, 0.3) is 11.4 Å². The number of anilines is 3. The molecule has 27 heavy (non-hydrogen) atoms. The number of pyridine rings is 1. The van der Waals surface area contributed by atoms with Crippen LogP contribution in [-0.2, 0) is 0 Å². The summed E-state index contributed by atoms with van der Waals surface area (Å²) in [5.41, 5.74) is 3.44. The minimum absolute atomic E-state index is 0.0601. The van der Waals surface area contributed by atoms with Gasteiger partial charge in [-0.05, 0) is 43.7 Å². The maximum Gasteiger partial charge on any atom is 0.321 e. The van der Waals surface area contributed by atoms with Crippen LogP contribution in [0.2, 0.25) is 0 Å². The highest BCUT2D eigenvalue weighted by Crippen LogP contribution is 2.24. The fraction of sp³-hybridized carbons (Fsp3) is 0.200. The number of carbonyl (C=O) groups excluding carboxylic acids is 1. The van der Waals surface area contributed by atoms with E-state index < -0.39 is 0 Å². The van der Waals surface area contributed by atoms with Gasteiger partial charge in [-0.3, -0.25) is 9.88 Å². The van der Waals surface area contributed by atoms with Crippen molar-refractivity contribution in [3.63, 3.8) is 0 Å². The van der Waals surface area contributed by atoms with Crippen molar-refractivity contribution in [1.29, 1.82) is 0 Å². The first-order valence-corrected chi connectivity index (χ1v) is 8.87. The number of benzene rings is 1. The van der Waals surface area contributed by atoms with Crippen LogP contribution in [0.1, 0.15) is 12.1 Å². The lowest BCUT2D eigenvalue weighted by molar-refractivity contribution is 0.243. The molecule has 136 valence electrons. The maximum atomic E-state index is 12.1. The maximum absolute atomic E-state index is 12.1. The summed E-state index contributed by atoms with van der Waals surface area (Å²) in [6.45, 7) is 3.37. The van der Waals surface area contributed by atoms with Crippen LogP contribution in [0.3, 0.4) is 0 Å². The lowest BCUT2D eigenvalue weighted by Gasteiger charge is -2.27. The number of nitrogens with one attached hydrogen (secondary N) is 2. The van der Waals surface area contributed by atoms with Crippen molar-refractivity contribution in [3.05, 3.63) is 60.6 Å². The lowest BCUT2D eigenvalue weighted by atomic mass is 10.2. The molecule has 2 aromatic heterocycles. The van der Waals surface area contributed by atoms with Crippen molar-refractivity contribution >= 4 is 23.2 Å². The molecule has 0 spiro atoms. The lowest BCUT2D eigenvalue weighted by Crippen LogP contribution is -2.46. The molecule has 0 atom stereocenters. The number of carbonyl (C=O) groups is 1. The summed E-state index contributed by atoms with van der Waals surface area (Å²) in [6, 6.07) is 13.4. The largest absolute Gasteiger partial charge is 0.340 e. The van der Waals surface area contributed by atoms with Gasteiger partial charge in [-0.1, -0.05) is 6.07 Å². The molecule has 1 aromatic carbocycles. The van der Waals surface area contributed by atoms with Gasteiger partial charge in [0.25, 0.3) is 0 Å². The Bertz CT molecular complexity index is 960. The fourth-order valence-corrected chi connectivity index (χ4v) is 3.03. The van der Waals surface area contributed by atoms with Crippen LogP contribution in [0.4, 0.5) is 22.0 Å². The van der Waals surface area contributed by atoms with E-state index in [0.717, 1.165) is 35.6 Å². The van der Waals surface area contributed by atoms with Gasteiger partial charge in [0.1, 0.15) is 5.82 Å². The molecule has 1 aliphatic heterocycles. The minimum atomic E-state index is -0.0601. The SMILES string of the molecule is Cc1cc(Nc2cccc(N3CCCNC3=O)c2)nc(-c2cccnc2)n1. The summed E-state index contributed by atoms with van der Waals surface area (Å²) < 4.78 is 0. The molecular weight excluding hydrogens is 340 g/mol. The third-order valence-electron chi connectivity index (χ3n) is 4.28. The van der Waals surface area contributed by atoms with E-state index in [1.165, 1.54) is 0 Å². The van der Waals surface area contributed by atoms with E-state index in [0.29, 0.717) is 18.2 Å². The van der Waals surface area contributed by atoms with Crippen LogP contribution in [0.15, 0.2) is 54.9 Å². The van der Waals surface area contributed by atoms with E-state index in [1.807, 2.05) is 49.4 Å². The fourth-order valence-electron chi connectivity index (χ4n) is 3.03. The highest BCUT2D eigenvalue weighted by atomic mass is 16.2. The van der Waals surface area contributed by atoms with Crippen LogP contribution in [-0.4, -0.2) is 34.1 Å². The Kier molecular flexibility index (Phi) is 4.65. The third kappa shape index (κ3) is 3.87. The number of aromatic nitrogens is 3. The van der Waals surface area contributed by atoms with Gasteiger partial charge in [0.05, 0.1) is 0 Å². The zero-order chi connectivity index (χ0) is 18.6. The summed E-state index contributed by atoms with van der Waals surface area (Å²) in [7, 11) is 0. The summed E-state index contributed by atoms with van der Waals surface area (Å²) in [5, 5.41) is 6.19. The Morgan fingerprint density at radius 2 is 2.07 bits per heavy atom. The third-order valence-corrected chi connectivity index (χ3v) is 4.28. The normalized spacial score (nSPS) is 14.0. The Balaban J connectivity index is 1.60. The van der Waals surface area contributed by atoms with E-state index in [9.17, 15) is 4.79 Å². The van der Waals surface area contributed by atoms with Crippen molar-refractivity contribution in [2.75, 3.05) is 23.3 Å². The van der Waals surface area contributed by atoms with Gasteiger partial charge in [-0.2, -0.15) is 0 Å². The molecule has 4 rings (SSSR count). The molecule has 1 fully saturated rings. The highest BCUT2D eigenvalue weighted by Gasteiger charge is 2.19. The van der Waals surface area contributed by atoms with Gasteiger partial charge in [0, 0.05) is 54.2 Å². The van der Waals surface area contributed by atoms with Crippen LogP contribution in [0.5, 0.6) is 0 Å². The summed E-state index contributed by atoms with van der Waals surface area (Å²) >= 11 is 0. The predicted molar refractivity (Wildman–Crippen MR) is 105 cm³/mol. The van der Waals surface area contributed by atoms with Crippen molar-refractivity contribution in [2.24, 2.45) is 0 Å². The molecule has 0 bridgehead atoms. The Hall–Kier alpha value is -3.48. The number of nitrogens with zero attached hydrogens (tertiary/aromatic N) is 4. The summed E-state index contributed by atoms with van der Waals surface area (Å²) in [5.74, 6) is 1.32. The van der Waals surface area contributed by atoms with Crippen molar-refractivity contribution in [3.8, 4) is 11.4 Å². The first kappa shape index (κ1) is 17.0. The smallest absolute Gasteiger partial charge is 0.321 e. The average Bonchev–Trinajstić information content (AvgIpc) is 2.69. The molecule has 7 heteroatoms. The van der Waals surface area contributed by atoms with E-state index >= 15 is 0 Å². The summed E-state index contributed by atoms with van der Waals surface area (Å²) in [6.07, 6.45) is 4.40. The average molecular weight is 360 g/mol. The number of rotatable bonds is 4. The monoisotopic (exact) mass is 360 g/mol. The number of urea groups is 1.